The Balaban J connectivity index is 2.69. The topological polar surface area (TPSA) is 56.6 Å². The highest BCUT2D eigenvalue weighted by atomic mass is 16.5. The third-order valence-corrected chi connectivity index (χ3v) is 3.36. The molecular formula is C16H23N3O2. The van der Waals surface area contributed by atoms with Crippen LogP contribution < -0.4 is 4.74 Å². The number of hydrogen-bond acceptors (Lipinski definition) is 4. The van der Waals surface area contributed by atoms with Gasteiger partial charge in [0.1, 0.15) is 11.8 Å². The van der Waals surface area contributed by atoms with Gasteiger partial charge in [-0.1, -0.05) is 6.07 Å². The molecule has 1 aromatic carbocycles. The van der Waals surface area contributed by atoms with Crippen LogP contribution in [0, 0.1) is 11.3 Å². The molecule has 0 saturated heterocycles. The molecule has 0 bridgehead atoms. The zero-order valence-electron chi connectivity index (χ0n) is 13.2. The van der Waals surface area contributed by atoms with Gasteiger partial charge in [0.05, 0.1) is 19.2 Å². The molecule has 114 valence electrons. The molecule has 0 aliphatic carbocycles. The number of benzene rings is 1. The average molecular weight is 289 g/mol. The molecule has 0 atom stereocenters. The van der Waals surface area contributed by atoms with Crippen molar-refractivity contribution >= 4 is 5.91 Å². The maximum absolute atomic E-state index is 12.0. The van der Waals surface area contributed by atoms with E-state index in [1.165, 1.54) is 0 Å². The third-order valence-electron chi connectivity index (χ3n) is 3.36. The molecule has 0 aromatic heterocycles. The van der Waals surface area contributed by atoms with E-state index < -0.39 is 0 Å². The number of likely N-dealkylation sites (N-methyl/N-ethyl adjacent to an activating group) is 2. The van der Waals surface area contributed by atoms with Gasteiger partial charge in [-0.25, -0.2) is 0 Å². The summed E-state index contributed by atoms with van der Waals surface area (Å²) in [6, 6.07) is 7.57. The molecule has 21 heavy (non-hydrogen) atoms. The molecule has 0 fully saturated rings. The van der Waals surface area contributed by atoms with Crippen molar-refractivity contribution < 1.29 is 9.53 Å². The van der Waals surface area contributed by atoms with E-state index >= 15 is 0 Å². The highest BCUT2D eigenvalue weighted by molar-refractivity contribution is 5.78. The van der Waals surface area contributed by atoms with E-state index in [4.69, 9.17) is 10.00 Å². The van der Waals surface area contributed by atoms with Crippen LogP contribution in [0.15, 0.2) is 18.2 Å². The molecule has 0 aliphatic heterocycles. The summed E-state index contributed by atoms with van der Waals surface area (Å²) in [5.41, 5.74) is 1.53. The summed E-state index contributed by atoms with van der Waals surface area (Å²) < 4.78 is 5.20. The fourth-order valence-corrected chi connectivity index (χ4v) is 2.20. The van der Waals surface area contributed by atoms with Crippen LogP contribution in [0.3, 0.4) is 0 Å². The number of ether oxygens (including phenoxy) is 1. The van der Waals surface area contributed by atoms with Gasteiger partial charge in [-0.2, -0.15) is 5.26 Å². The van der Waals surface area contributed by atoms with Gasteiger partial charge in [-0.3, -0.25) is 9.69 Å². The van der Waals surface area contributed by atoms with Gasteiger partial charge in [0.25, 0.3) is 0 Å². The first-order valence-electron chi connectivity index (χ1n) is 7.09. The van der Waals surface area contributed by atoms with Crippen LogP contribution in [0.2, 0.25) is 0 Å². The number of carbonyl (C=O) groups excluding carboxylic acids is 1. The number of amides is 1. The Labute approximate surface area is 126 Å². The summed E-state index contributed by atoms with van der Waals surface area (Å²) in [5, 5.41) is 8.97. The smallest absolute Gasteiger partial charge is 0.236 e. The molecule has 0 saturated carbocycles. The number of nitriles is 1. The molecule has 0 radical (unpaired) electrons. The fraction of sp³-hybridized carbons (Fsp3) is 0.500. The maximum atomic E-state index is 12.0. The average Bonchev–Trinajstić information content (AvgIpc) is 2.48. The number of methoxy groups -OCH3 is 1. The second-order valence-corrected chi connectivity index (χ2v) is 4.88. The number of nitrogens with zero attached hydrogens (tertiary/aromatic N) is 3. The summed E-state index contributed by atoms with van der Waals surface area (Å²) in [7, 11) is 3.46. The Morgan fingerprint density at radius 1 is 1.33 bits per heavy atom. The van der Waals surface area contributed by atoms with Crippen molar-refractivity contribution in [2.45, 2.75) is 20.4 Å². The number of carbonyl (C=O) groups is 1. The monoisotopic (exact) mass is 289 g/mol. The van der Waals surface area contributed by atoms with Gasteiger partial charge >= 0.3 is 0 Å². The van der Waals surface area contributed by atoms with Gasteiger partial charge < -0.3 is 9.64 Å². The first-order valence-corrected chi connectivity index (χ1v) is 7.09. The molecule has 1 aromatic rings. The zero-order chi connectivity index (χ0) is 15.8. The molecular weight excluding hydrogens is 266 g/mol. The van der Waals surface area contributed by atoms with Crippen molar-refractivity contribution in [3.05, 3.63) is 29.3 Å². The number of rotatable bonds is 7. The first-order chi connectivity index (χ1) is 10.0. The molecule has 0 N–H and O–H groups in total. The van der Waals surface area contributed by atoms with Crippen molar-refractivity contribution in [1.29, 1.82) is 5.26 Å². The van der Waals surface area contributed by atoms with E-state index in [1.54, 1.807) is 13.2 Å². The van der Waals surface area contributed by atoms with Crippen LogP contribution in [0.25, 0.3) is 0 Å². The second kappa shape index (κ2) is 8.28. The predicted octanol–water partition coefficient (Wildman–Crippen LogP) is 1.87. The minimum Gasteiger partial charge on any atom is -0.495 e. The van der Waals surface area contributed by atoms with Gasteiger partial charge in [-0.15, -0.1) is 0 Å². The fourth-order valence-electron chi connectivity index (χ4n) is 2.20. The minimum absolute atomic E-state index is 0.128. The number of hydrogen-bond donors (Lipinski definition) is 0. The normalized spacial score (nSPS) is 10.3. The molecule has 0 aliphatic rings. The highest BCUT2D eigenvalue weighted by Crippen LogP contribution is 2.20. The molecule has 0 spiro atoms. The maximum Gasteiger partial charge on any atom is 0.236 e. The third kappa shape index (κ3) is 4.76. The van der Waals surface area contributed by atoms with Crippen LogP contribution >= 0.6 is 0 Å². The van der Waals surface area contributed by atoms with Crippen molar-refractivity contribution in [1.82, 2.24) is 9.80 Å². The van der Waals surface area contributed by atoms with Crippen molar-refractivity contribution in [3.63, 3.8) is 0 Å². The predicted molar refractivity (Wildman–Crippen MR) is 82.0 cm³/mol. The van der Waals surface area contributed by atoms with E-state index in [2.05, 4.69) is 6.07 Å². The van der Waals surface area contributed by atoms with Crippen molar-refractivity contribution in [2.24, 2.45) is 0 Å². The Morgan fingerprint density at radius 2 is 2.00 bits per heavy atom. The minimum atomic E-state index is 0.128. The standard InChI is InChI=1S/C16H23N3O2/c1-5-19(6-2)16(20)12-18(3)11-13-7-8-14(10-17)15(9-13)21-4/h7-9H,5-6,11-12H2,1-4H3. The Kier molecular flexibility index (Phi) is 6.70. The van der Waals surface area contributed by atoms with Gasteiger partial charge in [0.2, 0.25) is 5.91 Å². The molecule has 1 amide bonds. The van der Waals surface area contributed by atoms with E-state index in [1.807, 2.05) is 42.8 Å². The molecule has 5 heteroatoms. The zero-order valence-corrected chi connectivity index (χ0v) is 13.2. The van der Waals surface area contributed by atoms with Gasteiger partial charge in [0.15, 0.2) is 0 Å². The molecule has 0 heterocycles. The van der Waals surface area contributed by atoms with Crippen molar-refractivity contribution in [2.75, 3.05) is 33.8 Å². The Morgan fingerprint density at radius 3 is 2.52 bits per heavy atom. The summed E-state index contributed by atoms with van der Waals surface area (Å²) in [5.74, 6) is 0.696. The van der Waals surface area contributed by atoms with Crippen LogP contribution in [0.5, 0.6) is 5.75 Å². The largest absolute Gasteiger partial charge is 0.495 e. The lowest BCUT2D eigenvalue weighted by Crippen LogP contribution is -2.38. The lowest BCUT2D eigenvalue weighted by atomic mass is 10.1. The highest BCUT2D eigenvalue weighted by Gasteiger charge is 2.13. The summed E-state index contributed by atoms with van der Waals surface area (Å²) in [6.07, 6.45) is 0. The lowest BCUT2D eigenvalue weighted by Gasteiger charge is -2.23. The molecule has 1 rings (SSSR count). The SMILES string of the molecule is CCN(CC)C(=O)CN(C)Cc1ccc(C#N)c(OC)c1. The Bertz CT molecular complexity index is 519. The van der Waals surface area contributed by atoms with Crippen LogP contribution in [-0.4, -0.2) is 49.5 Å². The van der Waals surface area contributed by atoms with Gasteiger partial charge in [0, 0.05) is 19.6 Å². The van der Waals surface area contributed by atoms with Crippen molar-refractivity contribution in [3.8, 4) is 11.8 Å². The van der Waals surface area contributed by atoms with Crippen LogP contribution in [0.1, 0.15) is 25.0 Å². The quantitative estimate of drug-likeness (QED) is 0.769. The van der Waals surface area contributed by atoms with E-state index in [0.717, 1.165) is 18.7 Å². The molecule has 0 unspecified atom stereocenters. The summed E-state index contributed by atoms with van der Waals surface area (Å²) in [6.45, 7) is 6.43. The summed E-state index contributed by atoms with van der Waals surface area (Å²) in [4.78, 5) is 15.8. The van der Waals surface area contributed by atoms with Crippen LogP contribution in [-0.2, 0) is 11.3 Å². The van der Waals surface area contributed by atoms with E-state index in [9.17, 15) is 4.79 Å². The van der Waals surface area contributed by atoms with E-state index in [0.29, 0.717) is 24.4 Å². The van der Waals surface area contributed by atoms with E-state index in [-0.39, 0.29) is 5.91 Å². The van der Waals surface area contributed by atoms with Gasteiger partial charge in [-0.05, 0) is 38.6 Å². The van der Waals surface area contributed by atoms with Crippen LogP contribution in [0.4, 0.5) is 0 Å². The summed E-state index contributed by atoms with van der Waals surface area (Å²) >= 11 is 0. The Hall–Kier alpha value is -2.06. The lowest BCUT2D eigenvalue weighted by molar-refractivity contribution is -0.131. The first kappa shape index (κ1) is 17.0. The second-order valence-electron chi connectivity index (χ2n) is 4.88. The molecule has 5 nitrogen and oxygen atoms in total.